The molecule has 4 nitrogen and oxygen atoms in total. The van der Waals surface area contributed by atoms with Gasteiger partial charge < -0.3 is 10.0 Å². The first kappa shape index (κ1) is 13.5. The molecule has 0 aromatic heterocycles. The van der Waals surface area contributed by atoms with Crippen molar-refractivity contribution in [3.63, 3.8) is 0 Å². The molecule has 2 aromatic rings. The molecule has 0 bridgehead atoms. The molecule has 0 saturated heterocycles. The minimum atomic E-state index is -1.50. The van der Waals surface area contributed by atoms with Crippen LogP contribution < -0.4 is 4.90 Å². The van der Waals surface area contributed by atoms with Crippen molar-refractivity contribution in [3.8, 4) is 0 Å². The summed E-state index contributed by atoms with van der Waals surface area (Å²) in [6.07, 6.45) is -1.50. The SMILES string of the molecule is CN1C(=O)C(O)N=C(c2ccccc2)c2cc([18F])ccc21. The summed E-state index contributed by atoms with van der Waals surface area (Å²) in [5.41, 5.74) is 2.11. The van der Waals surface area contributed by atoms with Gasteiger partial charge in [0.15, 0.2) is 0 Å². The Morgan fingerprint density at radius 1 is 1.19 bits per heavy atom. The van der Waals surface area contributed by atoms with Gasteiger partial charge >= 0.3 is 0 Å². The summed E-state index contributed by atoms with van der Waals surface area (Å²) in [7, 11) is 1.53. The number of benzodiazepines with no additional fused rings is 1. The van der Waals surface area contributed by atoms with Gasteiger partial charge in [-0.05, 0) is 18.2 Å². The van der Waals surface area contributed by atoms with Crippen molar-refractivity contribution in [2.75, 3.05) is 11.9 Å². The van der Waals surface area contributed by atoms with E-state index < -0.39 is 18.0 Å². The normalized spacial score (nSPS) is 18.0. The van der Waals surface area contributed by atoms with Gasteiger partial charge in [-0.1, -0.05) is 30.3 Å². The van der Waals surface area contributed by atoms with Crippen LogP contribution in [0.4, 0.5) is 10.1 Å². The minimum absolute atomic E-state index is 0.398. The zero-order valence-electron chi connectivity index (χ0n) is 11.3. The molecule has 1 heterocycles. The van der Waals surface area contributed by atoms with Crippen molar-refractivity contribution in [3.05, 3.63) is 65.5 Å². The van der Waals surface area contributed by atoms with Crippen molar-refractivity contribution in [1.29, 1.82) is 0 Å². The maximum Gasteiger partial charge on any atom is 0.278 e. The molecule has 1 N–H and O–H groups in total. The number of amides is 1. The fourth-order valence-electron chi connectivity index (χ4n) is 2.36. The Labute approximate surface area is 121 Å². The number of hydrogen-bond donors (Lipinski definition) is 1. The summed E-state index contributed by atoms with van der Waals surface area (Å²) in [5, 5.41) is 9.93. The van der Waals surface area contributed by atoms with Crippen LogP contribution in [0.15, 0.2) is 53.5 Å². The highest BCUT2D eigenvalue weighted by molar-refractivity contribution is 6.19. The van der Waals surface area contributed by atoms with Crippen LogP contribution in [0.25, 0.3) is 0 Å². The number of rotatable bonds is 1. The van der Waals surface area contributed by atoms with Gasteiger partial charge in [0.25, 0.3) is 5.91 Å². The molecule has 3 rings (SSSR count). The van der Waals surface area contributed by atoms with E-state index in [1.807, 2.05) is 18.2 Å². The molecule has 106 valence electrons. The number of nitrogens with zero attached hydrogens (tertiary/aromatic N) is 2. The monoisotopic (exact) mass is 283 g/mol. The van der Waals surface area contributed by atoms with Crippen LogP contribution in [0.1, 0.15) is 11.1 Å². The summed E-state index contributed by atoms with van der Waals surface area (Å²) in [6.45, 7) is 0. The Morgan fingerprint density at radius 2 is 1.90 bits per heavy atom. The van der Waals surface area contributed by atoms with Crippen molar-refractivity contribution < 1.29 is 14.3 Å². The molecule has 2 aromatic carbocycles. The Kier molecular flexibility index (Phi) is 3.27. The van der Waals surface area contributed by atoms with Crippen molar-refractivity contribution in [2.24, 2.45) is 4.99 Å². The zero-order valence-corrected chi connectivity index (χ0v) is 11.3. The predicted octanol–water partition coefficient (Wildman–Crippen LogP) is 1.96. The second-order valence-corrected chi connectivity index (χ2v) is 4.78. The number of aliphatic imine (C=N–C) groups is 1. The highest BCUT2D eigenvalue weighted by Crippen LogP contribution is 2.27. The standard InChI is InChI=1S/C16H13FN2O2/c1-19-13-8-7-11(17)9-12(13)14(18-15(20)16(19)21)10-5-3-2-4-6-10/h2-9,15,20H,1H3/i17-1. The van der Waals surface area contributed by atoms with Crippen LogP contribution in [0.3, 0.4) is 0 Å². The van der Waals surface area contributed by atoms with Gasteiger partial charge in [-0.2, -0.15) is 0 Å². The van der Waals surface area contributed by atoms with Crippen molar-refractivity contribution in [1.82, 2.24) is 0 Å². The number of hydrogen-bond acceptors (Lipinski definition) is 3. The number of likely N-dealkylation sites (N-methyl/N-ethyl adjacent to an activating group) is 1. The Morgan fingerprint density at radius 3 is 2.62 bits per heavy atom. The predicted molar refractivity (Wildman–Crippen MR) is 77.9 cm³/mol. The molecule has 1 aliphatic rings. The Hall–Kier alpha value is -2.53. The number of fused-ring (bicyclic) bond motifs is 1. The third-order valence-corrected chi connectivity index (χ3v) is 3.43. The first-order valence-corrected chi connectivity index (χ1v) is 6.46. The number of carbonyl (C=O) groups excluding carboxylic acids is 1. The van der Waals surface area contributed by atoms with Crippen LogP contribution >= 0.6 is 0 Å². The van der Waals surface area contributed by atoms with Gasteiger partial charge in [-0.15, -0.1) is 0 Å². The molecule has 0 aliphatic carbocycles. The largest absolute Gasteiger partial charge is 0.364 e. The first-order valence-electron chi connectivity index (χ1n) is 6.46. The summed E-state index contributed by atoms with van der Waals surface area (Å²) >= 11 is 0. The lowest BCUT2D eigenvalue weighted by Crippen LogP contribution is -2.34. The highest BCUT2D eigenvalue weighted by Gasteiger charge is 2.28. The maximum absolute atomic E-state index is 13.6. The van der Waals surface area contributed by atoms with E-state index in [-0.39, 0.29) is 0 Å². The second-order valence-electron chi connectivity index (χ2n) is 4.78. The van der Waals surface area contributed by atoms with Crippen LogP contribution in [0, 0.1) is 5.82 Å². The van der Waals surface area contributed by atoms with Gasteiger partial charge in [-0.3, -0.25) is 4.79 Å². The molecule has 0 saturated carbocycles. The van der Waals surface area contributed by atoms with E-state index >= 15 is 0 Å². The Bertz CT molecular complexity index is 728. The van der Waals surface area contributed by atoms with Crippen LogP contribution in [-0.2, 0) is 4.79 Å². The molecule has 1 atom stereocenters. The topological polar surface area (TPSA) is 52.9 Å². The summed E-state index contributed by atoms with van der Waals surface area (Å²) in [6, 6.07) is 13.2. The molecule has 1 amide bonds. The van der Waals surface area contributed by atoms with E-state index in [2.05, 4.69) is 4.99 Å². The average molecular weight is 283 g/mol. The van der Waals surface area contributed by atoms with E-state index in [9.17, 15) is 14.3 Å². The van der Waals surface area contributed by atoms with Gasteiger partial charge in [-0.25, -0.2) is 9.38 Å². The van der Waals surface area contributed by atoms with Crippen molar-refractivity contribution in [2.45, 2.75) is 6.23 Å². The number of aliphatic hydroxyl groups excluding tert-OH is 1. The van der Waals surface area contributed by atoms with E-state index in [1.165, 1.54) is 30.1 Å². The molecular formula is C16H13FN2O2. The molecule has 1 aliphatic heterocycles. The quantitative estimate of drug-likeness (QED) is 0.869. The smallest absolute Gasteiger partial charge is 0.278 e. The van der Waals surface area contributed by atoms with Crippen LogP contribution in [-0.4, -0.2) is 30.0 Å². The summed E-state index contributed by atoms with van der Waals surface area (Å²) in [5.74, 6) is -0.969. The molecule has 0 radical (unpaired) electrons. The molecule has 0 spiro atoms. The fourth-order valence-corrected chi connectivity index (χ4v) is 2.36. The van der Waals surface area contributed by atoms with E-state index in [0.29, 0.717) is 22.5 Å². The van der Waals surface area contributed by atoms with Crippen molar-refractivity contribution >= 4 is 17.3 Å². The first-order chi connectivity index (χ1) is 10.1. The maximum atomic E-state index is 13.6. The molecule has 21 heavy (non-hydrogen) atoms. The number of halogens is 1. The van der Waals surface area contributed by atoms with E-state index in [0.717, 1.165) is 0 Å². The number of carbonyl (C=O) groups is 1. The van der Waals surface area contributed by atoms with Gasteiger partial charge in [0.2, 0.25) is 6.23 Å². The average Bonchev–Trinajstić information content (AvgIpc) is 2.59. The lowest BCUT2D eigenvalue weighted by molar-refractivity contribution is -0.125. The minimum Gasteiger partial charge on any atom is -0.364 e. The van der Waals surface area contributed by atoms with Crippen LogP contribution in [0.5, 0.6) is 0 Å². The number of aliphatic hydroxyl groups is 1. The summed E-state index contributed by atoms with van der Waals surface area (Å²) < 4.78 is 13.6. The summed E-state index contributed by atoms with van der Waals surface area (Å²) in [4.78, 5) is 17.4. The number of benzene rings is 2. The lowest BCUT2D eigenvalue weighted by atomic mass is 10.00. The third kappa shape index (κ3) is 2.32. The molecular weight excluding hydrogens is 270 g/mol. The van der Waals surface area contributed by atoms with Crippen LogP contribution in [0.2, 0.25) is 0 Å². The molecule has 5 heteroatoms. The lowest BCUT2D eigenvalue weighted by Gasteiger charge is -2.18. The van der Waals surface area contributed by atoms with E-state index in [4.69, 9.17) is 0 Å². The fraction of sp³-hybridized carbons (Fsp3) is 0.125. The zero-order chi connectivity index (χ0) is 15.0. The molecule has 1 unspecified atom stereocenters. The highest BCUT2D eigenvalue weighted by atomic mass is 18.2. The van der Waals surface area contributed by atoms with E-state index in [1.54, 1.807) is 12.1 Å². The van der Waals surface area contributed by atoms with Gasteiger partial charge in [0.1, 0.15) is 5.82 Å². The second kappa shape index (κ2) is 5.10. The van der Waals surface area contributed by atoms with Gasteiger partial charge in [0, 0.05) is 18.2 Å². The number of anilines is 1. The molecule has 0 fully saturated rings. The van der Waals surface area contributed by atoms with Gasteiger partial charge in [0.05, 0.1) is 11.4 Å². The Balaban J connectivity index is 2.27. The third-order valence-electron chi connectivity index (χ3n) is 3.43.